The number of nitrogens with one attached hydrogen (secondary N) is 1. The maximum atomic E-state index is 11.9. The fraction of sp³-hybridized carbons (Fsp3) is 0.538. The Bertz CT molecular complexity index is 446. The molecule has 1 aliphatic heterocycles. The third-order valence-corrected chi connectivity index (χ3v) is 3.63. The van der Waals surface area contributed by atoms with Crippen molar-refractivity contribution in [1.82, 2.24) is 9.88 Å². The molecule has 1 fully saturated rings. The zero-order valence-corrected chi connectivity index (χ0v) is 12.2. The molecule has 0 atom stereocenters. The first kappa shape index (κ1) is 14.6. The summed E-state index contributed by atoms with van der Waals surface area (Å²) in [5.41, 5.74) is 0. The lowest BCUT2D eigenvalue weighted by Gasteiger charge is -2.18. The lowest BCUT2D eigenvalue weighted by molar-refractivity contribution is -0.117. The average molecular weight is 302 g/mol. The number of anilines is 1. The van der Waals surface area contributed by atoms with Crippen molar-refractivity contribution in [2.45, 2.75) is 25.7 Å². The molecule has 2 heterocycles. The Kier molecular flexibility index (Phi) is 5.43. The highest BCUT2D eigenvalue weighted by Gasteiger charge is 2.14. The molecule has 4 nitrogen and oxygen atoms in total. The minimum atomic E-state index is -0.0846. The minimum Gasteiger partial charge on any atom is -0.308 e. The van der Waals surface area contributed by atoms with Crippen LogP contribution in [0.25, 0.3) is 0 Å². The standard InChI is InChI=1S/C13H17Cl2N3O/c14-10-7-11(15)13(16-8-10)17-12(19)9-18-5-3-1-2-4-6-18/h7-8H,1-6,9H2,(H,16,17,19). The molecule has 0 radical (unpaired) electrons. The van der Waals surface area contributed by atoms with Crippen LogP contribution in [0.5, 0.6) is 0 Å². The minimum absolute atomic E-state index is 0.0846. The number of aromatic nitrogens is 1. The molecule has 1 amide bonds. The number of nitrogens with zero attached hydrogens (tertiary/aromatic N) is 2. The Hall–Kier alpha value is -0.840. The van der Waals surface area contributed by atoms with Gasteiger partial charge >= 0.3 is 0 Å². The van der Waals surface area contributed by atoms with Crippen LogP contribution in [-0.2, 0) is 4.79 Å². The van der Waals surface area contributed by atoms with Crippen LogP contribution in [0, 0.1) is 0 Å². The molecule has 1 aromatic rings. The topological polar surface area (TPSA) is 45.2 Å². The molecule has 1 saturated heterocycles. The second-order valence-corrected chi connectivity index (χ2v) is 5.57. The first-order valence-electron chi connectivity index (χ1n) is 6.48. The number of carbonyl (C=O) groups excluding carboxylic acids is 1. The summed E-state index contributed by atoms with van der Waals surface area (Å²) in [6.07, 6.45) is 6.29. The third kappa shape index (κ3) is 4.64. The zero-order valence-electron chi connectivity index (χ0n) is 10.7. The van der Waals surface area contributed by atoms with Crippen molar-refractivity contribution in [1.29, 1.82) is 0 Å². The van der Waals surface area contributed by atoms with Gasteiger partial charge in [0.25, 0.3) is 0 Å². The molecule has 6 heteroatoms. The largest absolute Gasteiger partial charge is 0.308 e. The summed E-state index contributed by atoms with van der Waals surface area (Å²) < 4.78 is 0. The first-order chi connectivity index (χ1) is 9.15. The predicted molar refractivity (Wildman–Crippen MR) is 77.8 cm³/mol. The van der Waals surface area contributed by atoms with Gasteiger partial charge in [0.1, 0.15) is 0 Å². The van der Waals surface area contributed by atoms with E-state index in [0.717, 1.165) is 25.9 Å². The molecular weight excluding hydrogens is 285 g/mol. The maximum absolute atomic E-state index is 11.9. The Labute approximate surface area is 123 Å². The highest BCUT2D eigenvalue weighted by atomic mass is 35.5. The Balaban J connectivity index is 1.89. The quantitative estimate of drug-likeness (QED) is 0.932. The Morgan fingerprint density at radius 2 is 1.95 bits per heavy atom. The van der Waals surface area contributed by atoms with Crippen LogP contribution in [-0.4, -0.2) is 35.4 Å². The van der Waals surface area contributed by atoms with Gasteiger partial charge in [0.2, 0.25) is 5.91 Å². The number of halogens is 2. The molecule has 104 valence electrons. The van der Waals surface area contributed by atoms with Gasteiger partial charge in [-0.25, -0.2) is 4.98 Å². The van der Waals surface area contributed by atoms with Gasteiger partial charge in [-0.1, -0.05) is 36.0 Å². The molecule has 0 bridgehead atoms. The van der Waals surface area contributed by atoms with Gasteiger partial charge in [0.05, 0.1) is 16.6 Å². The van der Waals surface area contributed by atoms with Crippen molar-refractivity contribution in [2.24, 2.45) is 0 Å². The number of likely N-dealkylation sites (tertiary alicyclic amines) is 1. The van der Waals surface area contributed by atoms with E-state index in [0.29, 0.717) is 22.4 Å². The number of amides is 1. The van der Waals surface area contributed by atoms with E-state index in [4.69, 9.17) is 23.2 Å². The monoisotopic (exact) mass is 301 g/mol. The lowest BCUT2D eigenvalue weighted by atomic mass is 10.2. The van der Waals surface area contributed by atoms with Gasteiger partial charge in [-0.05, 0) is 32.0 Å². The summed E-state index contributed by atoms with van der Waals surface area (Å²) in [7, 11) is 0. The Morgan fingerprint density at radius 1 is 1.26 bits per heavy atom. The summed E-state index contributed by atoms with van der Waals surface area (Å²) in [5, 5.41) is 3.54. The average Bonchev–Trinajstić information content (AvgIpc) is 2.61. The van der Waals surface area contributed by atoms with E-state index in [2.05, 4.69) is 15.2 Å². The van der Waals surface area contributed by atoms with Crippen LogP contribution in [0.15, 0.2) is 12.3 Å². The number of hydrogen-bond acceptors (Lipinski definition) is 3. The van der Waals surface area contributed by atoms with Crippen molar-refractivity contribution in [3.8, 4) is 0 Å². The van der Waals surface area contributed by atoms with Gasteiger partial charge in [-0.3, -0.25) is 9.69 Å². The van der Waals surface area contributed by atoms with Crippen molar-refractivity contribution in [2.75, 3.05) is 25.0 Å². The van der Waals surface area contributed by atoms with E-state index in [1.165, 1.54) is 19.0 Å². The van der Waals surface area contributed by atoms with Gasteiger partial charge in [0, 0.05) is 6.20 Å². The summed E-state index contributed by atoms with van der Waals surface area (Å²) in [6, 6.07) is 1.57. The number of pyridine rings is 1. The summed E-state index contributed by atoms with van der Waals surface area (Å²) in [6.45, 7) is 2.35. The van der Waals surface area contributed by atoms with Crippen molar-refractivity contribution >= 4 is 34.9 Å². The molecule has 0 unspecified atom stereocenters. The second-order valence-electron chi connectivity index (χ2n) is 4.72. The lowest BCUT2D eigenvalue weighted by Crippen LogP contribution is -2.34. The molecule has 19 heavy (non-hydrogen) atoms. The van der Waals surface area contributed by atoms with Crippen molar-refractivity contribution in [3.63, 3.8) is 0 Å². The third-order valence-electron chi connectivity index (χ3n) is 3.13. The molecule has 0 saturated carbocycles. The number of hydrogen-bond donors (Lipinski definition) is 1. The van der Waals surface area contributed by atoms with Gasteiger partial charge in [-0.15, -0.1) is 0 Å². The normalized spacial score (nSPS) is 16.9. The summed E-state index contributed by atoms with van der Waals surface area (Å²) in [5.74, 6) is 0.282. The van der Waals surface area contributed by atoms with E-state index >= 15 is 0 Å². The molecule has 0 aliphatic carbocycles. The molecule has 2 rings (SSSR count). The highest BCUT2D eigenvalue weighted by Crippen LogP contribution is 2.22. The summed E-state index contributed by atoms with van der Waals surface area (Å²) in [4.78, 5) is 18.1. The fourth-order valence-corrected chi connectivity index (χ4v) is 2.60. The molecule has 1 aromatic heterocycles. The van der Waals surface area contributed by atoms with Crippen LogP contribution in [0.1, 0.15) is 25.7 Å². The maximum Gasteiger partial charge on any atom is 0.239 e. The van der Waals surface area contributed by atoms with Gasteiger partial charge in [0.15, 0.2) is 5.82 Å². The number of carbonyl (C=O) groups is 1. The zero-order chi connectivity index (χ0) is 13.7. The number of rotatable bonds is 3. The van der Waals surface area contributed by atoms with E-state index in [-0.39, 0.29) is 5.91 Å². The van der Waals surface area contributed by atoms with Crippen molar-refractivity contribution < 1.29 is 4.79 Å². The van der Waals surface area contributed by atoms with Crippen LogP contribution in [0.3, 0.4) is 0 Å². The highest BCUT2D eigenvalue weighted by molar-refractivity contribution is 6.36. The van der Waals surface area contributed by atoms with E-state index in [9.17, 15) is 4.79 Å². The predicted octanol–water partition coefficient (Wildman–Crippen LogP) is 3.20. The van der Waals surface area contributed by atoms with Gasteiger partial charge in [-0.2, -0.15) is 0 Å². The van der Waals surface area contributed by atoms with Crippen molar-refractivity contribution in [3.05, 3.63) is 22.3 Å². The molecule has 1 aliphatic rings. The molecule has 0 aromatic carbocycles. The fourth-order valence-electron chi connectivity index (χ4n) is 2.18. The molecular formula is C13H17Cl2N3O. The van der Waals surface area contributed by atoms with Crippen LogP contribution in [0.2, 0.25) is 10.0 Å². The second kappa shape index (κ2) is 7.08. The van der Waals surface area contributed by atoms with Gasteiger partial charge < -0.3 is 5.32 Å². The van der Waals surface area contributed by atoms with Crippen LogP contribution < -0.4 is 5.32 Å². The molecule has 1 N–H and O–H groups in total. The van der Waals surface area contributed by atoms with E-state index < -0.39 is 0 Å². The first-order valence-corrected chi connectivity index (χ1v) is 7.24. The van der Waals surface area contributed by atoms with Crippen LogP contribution in [0.4, 0.5) is 5.82 Å². The van der Waals surface area contributed by atoms with E-state index in [1.807, 2.05) is 0 Å². The van der Waals surface area contributed by atoms with Crippen LogP contribution >= 0.6 is 23.2 Å². The van der Waals surface area contributed by atoms with E-state index in [1.54, 1.807) is 6.07 Å². The Morgan fingerprint density at radius 3 is 2.58 bits per heavy atom. The SMILES string of the molecule is O=C(CN1CCCCCC1)Nc1ncc(Cl)cc1Cl. The summed E-state index contributed by atoms with van der Waals surface area (Å²) >= 11 is 11.7. The smallest absolute Gasteiger partial charge is 0.239 e. The molecule has 0 spiro atoms.